The van der Waals surface area contributed by atoms with Crippen molar-refractivity contribution < 1.29 is 0 Å². The number of unbranched alkanes of at least 4 members (excludes halogenated alkanes) is 7. The van der Waals surface area contributed by atoms with Crippen LogP contribution in [0.15, 0.2) is 18.6 Å². The molecule has 1 aromatic heterocycles. The van der Waals surface area contributed by atoms with Crippen LogP contribution in [-0.2, 0) is 0 Å². The Hall–Kier alpha value is -0.920. The van der Waals surface area contributed by atoms with Crippen LogP contribution in [0, 0.1) is 0 Å². The molecule has 0 fully saturated rings. The van der Waals surface area contributed by atoms with Gasteiger partial charge in [0.25, 0.3) is 0 Å². The largest absolute Gasteiger partial charge is 0.261 e. The molecule has 0 radical (unpaired) electrons. The van der Waals surface area contributed by atoms with E-state index in [-0.39, 0.29) is 0 Å². The molecule has 1 atom stereocenters. The van der Waals surface area contributed by atoms with Crippen molar-refractivity contribution >= 4 is 0 Å². The van der Waals surface area contributed by atoms with Gasteiger partial charge in [-0.1, -0.05) is 71.6 Å². The number of rotatable bonds is 12. The zero-order valence-electron chi connectivity index (χ0n) is 13.5. The standard InChI is InChI=1S/C18H32N2/c1-3-5-7-9-11-13-17(12-10-8-6-4-2)18-16-19-14-15-20-18/h14-17H,3-13H2,1-2H3. The van der Waals surface area contributed by atoms with Crippen molar-refractivity contribution in [3.05, 3.63) is 24.3 Å². The third kappa shape index (κ3) is 7.62. The van der Waals surface area contributed by atoms with Gasteiger partial charge in [0.2, 0.25) is 0 Å². The lowest BCUT2D eigenvalue weighted by molar-refractivity contribution is 0.485. The Morgan fingerprint density at radius 2 is 1.40 bits per heavy atom. The van der Waals surface area contributed by atoms with E-state index in [1.807, 2.05) is 12.4 Å². The van der Waals surface area contributed by atoms with Gasteiger partial charge < -0.3 is 0 Å². The van der Waals surface area contributed by atoms with E-state index >= 15 is 0 Å². The summed E-state index contributed by atoms with van der Waals surface area (Å²) in [5, 5.41) is 0. The van der Waals surface area contributed by atoms with Gasteiger partial charge in [-0.2, -0.15) is 0 Å². The maximum atomic E-state index is 4.53. The van der Waals surface area contributed by atoms with Crippen molar-refractivity contribution in [2.75, 3.05) is 0 Å². The third-order valence-corrected chi connectivity index (χ3v) is 4.06. The second-order valence-electron chi connectivity index (χ2n) is 5.88. The minimum atomic E-state index is 0.627. The zero-order valence-corrected chi connectivity index (χ0v) is 13.5. The van der Waals surface area contributed by atoms with Gasteiger partial charge in [-0.3, -0.25) is 9.97 Å². The molecule has 1 unspecified atom stereocenters. The molecule has 0 saturated heterocycles. The van der Waals surface area contributed by atoms with Crippen LogP contribution in [-0.4, -0.2) is 9.97 Å². The zero-order chi connectivity index (χ0) is 14.5. The second-order valence-corrected chi connectivity index (χ2v) is 5.88. The Bertz CT molecular complexity index is 310. The fraction of sp³-hybridized carbons (Fsp3) is 0.778. The van der Waals surface area contributed by atoms with E-state index in [1.165, 1.54) is 76.3 Å². The molecule has 114 valence electrons. The first-order chi connectivity index (χ1) is 9.88. The lowest BCUT2D eigenvalue weighted by Crippen LogP contribution is -2.02. The van der Waals surface area contributed by atoms with E-state index in [4.69, 9.17) is 0 Å². The molecule has 1 rings (SSSR count). The SMILES string of the molecule is CCCCCCCC(CCCCCC)c1cnccn1. The van der Waals surface area contributed by atoms with Crippen LogP contribution >= 0.6 is 0 Å². The van der Waals surface area contributed by atoms with Crippen molar-refractivity contribution in [3.8, 4) is 0 Å². The molecular weight excluding hydrogens is 244 g/mol. The van der Waals surface area contributed by atoms with Crippen molar-refractivity contribution in [3.63, 3.8) is 0 Å². The topological polar surface area (TPSA) is 25.8 Å². The van der Waals surface area contributed by atoms with Gasteiger partial charge in [-0.05, 0) is 12.8 Å². The fourth-order valence-electron chi connectivity index (χ4n) is 2.77. The molecule has 0 aliphatic carbocycles. The van der Waals surface area contributed by atoms with Crippen LogP contribution in [0.5, 0.6) is 0 Å². The molecule has 0 saturated carbocycles. The van der Waals surface area contributed by atoms with E-state index in [0.29, 0.717) is 5.92 Å². The summed E-state index contributed by atoms with van der Waals surface area (Å²) >= 11 is 0. The predicted octanol–water partition coefficient (Wildman–Crippen LogP) is 5.89. The van der Waals surface area contributed by atoms with Crippen LogP contribution in [0.3, 0.4) is 0 Å². The normalized spacial score (nSPS) is 12.5. The summed E-state index contributed by atoms with van der Waals surface area (Å²) in [6, 6.07) is 0. The highest BCUT2D eigenvalue weighted by Crippen LogP contribution is 2.26. The molecule has 0 N–H and O–H groups in total. The van der Waals surface area contributed by atoms with Crippen LogP contribution in [0.4, 0.5) is 0 Å². The maximum absolute atomic E-state index is 4.53. The Morgan fingerprint density at radius 3 is 1.95 bits per heavy atom. The summed E-state index contributed by atoms with van der Waals surface area (Å²) in [7, 11) is 0. The van der Waals surface area contributed by atoms with Gasteiger partial charge in [0.1, 0.15) is 0 Å². The second kappa shape index (κ2) is 11.9. The van der Waals surface area contributed by atoms with E-state index in [9.17, 15) is 0 Å². The predicted molar refractivity (Wildman–Crippen MR) is 86.9 cm³/mol. The Balaban J connectivity index is 2.35. The van der Waals surface area contributed by atoms with Gasteiger partial charge >= 0.3 is 0 Å². The molecule has 0 amide bonds. The van der Waals surface area contributed by atoms with Crippen LogP contribution < -0.4 is 0 Å². The van der Waals surface area contributed by atoms with Gasteiger partial charge in [0.05, 0.1) is 5.69 Å². The van der Waals surface area contributed by atoms with Crippen molar-refractivity contribution in [2.24, 2.45) is 0 Å². The highest BCUT2D eigenvalue weighted by atomic mass is 14.8. The molecule has 0 bridgehead atoms. The van der Waals surface area contributed by atoms with E-state index in [1.54, 1.807) is 6.20 Å². The fourth-order valence-corrected chi connectivity index (χ4v) is 2.77. The number of aromatic nitrogens is 2. The molecule has 1 aromatic rings. The lowest BCUT2D eigenvalue weighted by Gasteiger charge is -2.16. The van der Waals surface area contributed by atoms with E-state index < -0.39 is 0 Å². The average molecular weight is 276 g/mol. The highest BCUT2D eigenvalue weighted by Gasteiger charge is 2.12. The molecule has 0 aromatic carbocycles. The van der Waals surface area contributed by atoms with Crippen LogP contribution in [0.2, 0.25) is 0 Å². The minimum Gasteiger partial charge on any atom is -0.261 e. The Labute approximate surface area is 125 Å². The van der Waals surface area contributed by atoms with Crippen molar-refractivity contribution in [2.45, 2.75) is 90.4 Å². The first-order valence-corrected chi connectivity index (χ1v) is 8.64. The molecule has 2 heteroatoms. The molecule has 0 aliphatic rings. The van der Waals surface area contributed by atoms with E-state index in [0.717, 1.165) is 0 Å². The summed E-state index contributed by atoms with van der Waals surface area (Å²) in [5.74, 6) is 0.627. The van der Waals surface area contributed by atoms with E-state index in [2.05, 4.69) is 23.8 Å². The van der Waals surface area contributed by atoms with Crippen molar-refractivity contribution in [1.82, 2.24) is 9.97 Å². The lowest BCUT2D eigenvalue weighted by atomic mass is 9.92. The van der Waals surface area contributed by atoms with Gasteiger partial charge in [0.15, 0.2) is 0 Å². The minimum absolute atomic E-state index is 0.627. The van der Waals surface area contributed by atoms with Crippen LogP contribution in [0.25, 0.3) is 0 Å². The number of nitrogens with zero attached hydrogens (tertiary/aromatic N) is 2. The highest BCUT2D eigenvalue weighted by molar-refractivity contribution is 5.03. The summed E-state index contributed by atoms with van der Waals surface area (Å²) in [6.07, 6.45) is 20.3. The number of hydrogen-bond acceptors (Lipinski definition) is 2. The molecule has 1 heterocycles. The molecule has 0 aliphatic heterocycles. The maximum Gasteiger partial charge on any atom is 0.0617 e. The van der Waals surface area contributed by atoms with Crippen molar-refractivity contribution in [1.29, 1.82) is 0 Å². The van der Waals surface area contributed by atoms with Crippen LogP contribution in [0.1, 0.15) is 96.1 Å². The first-order valence-electron chi connectivity index (χ1n) is 8.64. The van der Waals surface area contributed by atoms with Gasteiger partial charge in [0, 0.05) is 24.5 Å². The smallest absolute Gasteiger partial charge is 0.0617 e. The quantitative estimate of drug-likeness (QED) is 0.445. The average Bonchev–Trinajstić information content (AvgIpc) is 2.50. The first kappa shape index (κ1) is 17.1. The summed E-state index contributed by atoms with van der Waals surface area (Å²) < 4.78 is 0. The summed E-state index contributed by atoms with van der Waals surface area (Å²) in [4.78, 5) is 8.78. The summed E-state index contributed by atoms with van der Waals surface area (Å²) in [6.45, 7) is 4.55. The Kier molecular flexibility index (Phi) is 10.2. The number of hydrogen-bond donors (Lipinski definition) is 0. The Morgan fingerprint density at radius 1 is 0.800 bits per heavy atom. The van der Waals surface area contributed by atoms with Gasteiger partial charge in [-0.15, -0.1) is 0 Å². The van der Waals surface area contributed by atoms with Gasteiger partial charge in [-0.25, -0.2) is 0 Å². The molecule has 20 heavy (non-hydrogen) atoms. The summed E-state index contributed by atoms with van der Waals surface area (Å²) in [5.41, 5.74) is 1.21. The molecule has 0 spiro atoms. The molecular formula is C18H32N2. The third-order valence-electron chi connectivity index (χ3n) is 4.06. The molecule has 2 nitrogen and oxygen atoms in total. The monoisotopic (exact) mass is 276 g/mol.